The molecule has 4 heteroatoms. The molecule has 18 heavy (non-hydrogen) atoms. The fourth-order valence-corrected chi connectivity index (χ4v) is 2.43. The van der Waals surface area contributed by atoms with E-state index in [9.17, 15) is 0 Å². The molecule has 2 nitrogen and oxygen atoms in total. The van der Waals surface area contributed by atoms with Gasteiger partial charge in [-0.15, -0.1) is 0 Å². The largest absolute Gasteiger partial charge is 0.384 e. The van der Waals surface area contributed by atoms with Gasteiger partial charge in [0.05, 0.1) is 0 Å². The minimum absolute atomic E-state index is 0.780. The molecular formula is C14H14BrClN2. The Morgan fingerprint density at radius 1 is 1.39 bits per heavy atom. The van der Waals surface area contributed by atoms with Crippen molar-refractivity contribution in [3.05, 3.63) is 57.3 Å². The second-order valence-electron chi connectivity index (χ2n) is 4.12. The van der Waals surface area contributed by atoms with Crippen molar-refractivity contribution in [2.45, 2.75) is 13.3 Å². The van der Waals surface area contributed by atoms with Crippen LogP contribution in [-0.2, 0) is 6.42 Å². The molecule has 0 radical (unpaired) electrons. The molecule has 1 heterocycles. The summed E-state index contributed by atoms with van der Waals surface area (Å²) in [5.41, 5.74) is 3.31. The molecule has 0 saturated carbocycles. The molecule has 1 aromatic heterocycles. The zero-order valence-electron chi connectivity index (χ0n) is 10.1. The second kappa shape index (κ2) is 6.21. The average Bonchev–Trinajstić information content (AvgIpc) is 2.37. The number of nitrogens with one attached hydrogen (secondary N) is 1. The van der Waals surface area contributed by atoms with E-state index in [1.165, 1.54) is 5.56 Å². The molecule has 1 N–H and O–H groups in total. The summed E-state index contributed by atoms with van der Waals surface area (Å²) >= 11 is 9.65. The Labute approximate surface area is 121 Å². The van der Waals surface area contributed by atoms with Gasteiger partial charge in [0, 0.05) is 34.1 Å². The second-order valence-corrected chi connectivity index (χ2v) is 5.38. The van der Waals surface area contributed by atoms with Crippen LogP contribution in [-0.4, -0.2) is 11.5 Å². The van der Waals surface area contributed by atoms with Crippen LogP contribution in [0.15, 0.2) is 41.1 Å². The summed E-state index contributed by atoms with van der Waals surface area (Å²) in [7, 11) is 0. The van der Waals surface area contributed by atoms with Gasteiger partial charge in [-0.25, -0.2) is 0 Å². The highest BCUT2D eigenvalue weighted by Crippen LogP contribution is 2.29. The maximum absolute atomic E-state index is 6.11. The summed E-state index contributed by atoms with van der Waals surface area (Å²) in [4.78, 5) is 4.10. The number of benzene rings is 1. The molecular weight excluding hydrogens is 312 g/mol. The van der Waals surface area contributed by atoms with Gasteiger partial charge >= 0.3 is 0 Å². The lowest BCUT2D eigenvalue weighted by Gasteiger charge is -2.10. The highest BCUT2D eigenvalue weighted by atomic mass is 79.9. The standard InChI is InChI=1S/C14H14BrClN2/c1-10-7-12(15)14(8-13(10)16)18-6-4-11-3-2-5-17-9-11/h2-3,5,7-9,18H,4,6H2,1H3. The normalized spacial score (nSPS) is 10.4. The summed E-state index contributed by atoms with van der Waals surface area (Å²) in [6.07, 6.45) is 4.61. The molecule has 0 amide bonds. The molecule has 0 bridgehead atoms. The number of nitrogens with zero attached hydrogens (tertiary/aromatic N) is 1. The third kappa shape index (κ3) is 3.47. The van der Waals surface area contributed by atoms with Crippen LogP contribution in [0.5, 0.6) is 0 Å². The summed E-state index contributed by atoms with van der Waals surface area (Å²) in [5, 5.41) is 4.15. The molecule has 2 rings (SSSR count). The van der Waals surface area contributed by atoms with Crippen molar-refractivity contribution in [3.63, 3.8) is 0 Å². The first kappa shape index (κ1) is 13.4. The van der Waals surface area contributed by atoms with Gasteiger partial charge in [-0.1, -0.05) is 17.7 Å². The third-order valence-corrected chi connectivity index (χ3v) is 3.76. The summed E-state index contributed by atoms with van der Waals surface area (Å²) in [5.74, 6) is 0. The third-order valence-electron chi connectivity index (χ3n) is 2.70. The van der Waals surface area contributed by atoms with Crippen molar-refractivity contribution < 1.29 is 0 Å². The van der Waals surface area contributed by atoms with Crippen molar-refractivity contribution in [2.24, 2.45) is 0 Å². The Morgan fingerprint density at radius 2 is 2.22 bits per heavy atom. The van der Waals surface area contributed by atoms with Crippen LogP contribution in [0.3, 0.4) is 0 Å². The Morgan fingerprint density at radius 3 is 2.94 bits per heavy atom. The van der Waals surface area contributed by atoms with E-state index < -0.39 is 0 Å². The van der Waals surface area contributed by atoms with E-state index in [-0.39, 0.29) is 0 Å². The zero-order chi connectivity index (χ0) is 13.0. The minimum atomic E-state index is 0.780. The number of aryl methyl sites for hydroxylation is 1. The van der Waals surface area contributed by atoms with Crippen molar-refractivity contribution in [3.8, 4) is 0 Å². The quantitative estimate of drug-likeness (QED) is 0.897. The van der Waals surface area contributed by atoms with E-state index in [1.807, 2.05) is 31.3 Å². The smallest absolute Gasteiger partial charge is 0.0499 e. The van der Waals surface area contributed by atoms with E-state index >= 15 is 0 Å². The Hall–Kier alpha value is -1.06. The van der Waals surface area contributed by atoms with E-state index in [0.717, 1.165) is 33.7 Å². The van der Waals surface area contributed by atoms with Gasteiger partial charge in [0.2, 0.25) is 0 Å². The number of hydrogen-bond donors (Lipinski definition) is 1. The topological polar surface area (TPSA) is 24.9 Å². The lowest BCUT2D eigenvalue weighted by Crippen LogP contribution is -2.05. The molecule has 0 aliphatic rings. The summed E-state index contributed by atoms with van der Waals surface area (Å²) < 4.78 is 1.04. The molecule has 0 unspecified atom stereocenters. The van der Waals surface area contributed by atoms with E-state index in [2.05, 4.69) is 32.3 Å². The molecule has 0 fully saturated rings. The van der Waals surface area contributed by atoms with Gasteiger partial charge in [-0.2, -0.15) is 0 Å². The van der Waals surface area contributed by atoms with Crippen LogP contribution in [0.4, 0.5) is 5.69 Å². The van der Waals surface area contributed by atoms with Gasteiger partial charge < -0.3 is 5.32 Å². The predicted octanol–water partition coefficient (Wildman–Crippen LogP) is 4.46. The van der Waals surface area contributed by atoms with Crippen LogP contribution in [0, 0.1) is 6.92 Å². The molecule has 0 atom stereocenters. The highest BCUT2D eigenvalue weighted by molar-refractivity contribution is 9.10. The SMILES string of the molecule is Cc1cc(Br)c(NCCc2cccnc2)cc1Cl. The van der Waals surface area contributed by atoms with Crippen LogP contribution >= 0.6 is 27.5 Å². The van der Waals surface area contributed by atoms with Crippen molar-refractivity contribution >= 4 is 33.2 Å². The molecule has 1 aromatic carbocycles. The number of halogens is 2. The Balaban J connectivity index is 1.97. The van der Waals surface area contributed by atoms with Crippen molar-refractivity contribution in [1.82, 2.24) is 4.98 Å². The fraction of sp³-hybridized carbons (Fsp3) is 0.214. The Bertz CT molecular complexity index is 529. The molecule has 0 saturated heterocycles. The monoisotopic (exact) mass is 324 g/mol. The van der Waals surface area contributed by atoms with Gasteiger partial charge in [0.25, 0.3) is 0 Å². The number of hydrogen-bond acceptors (Lipinski definition) is 2. The number of anilines is 1. The van der Waals surface area contributed by atoms with E-state index in [1.54, 1.807) is 6.20 Å². The maximum atomic E-state index is 6.11. The van der Waals surface area contributed by atoms with Crippen LogP contribution in [0.2, 0.25) is 5.02 Å². The molecule has 0 spiro atoms. The van der Waals surface area contributed by atoms with Gasteiger partial charge in [-0.05, 0) is 58.6 Å². The number of pyridine rings is 1. The highest BCUT2D eigenvalue weighted by Gasteiger charge is 2.03. The first-order valence-electron chi connectivity index (χ1n) is 5.75. The zero-order valence-corrected chi connectivity index (χ0v) is 12.4. The maximum Gasteiger partial charge on any atom is 0.0499 e. The Kier molecular flexibility index (Phi) is 4.61. The van der Waals surface area contributed by atoms with Crippen LogP contribution < -0.4 is 5.32 Å². The number of rotatable bonds is 4. The average molecular weight is 326 g/mol. The summed E-state index contributed by atoms with van der Waals surface area (Å²) in [6.45, 7) is 2.84. The molecule has 94 valence electrons. The number of aromatic nitrogens is 1. The minimum Gasteiger partial charge on any atom is -0.384 e. The molecule has 0 aliphatic heterocycles. The van der Waals surface area contributed by atoms with E-state index in [4.69, 9.17) is 11.6 Å². The van der Waals surface area contributed by atoms with Gasteiger partial charge in [0.1, 0.15) is 0 Å². The first-order valence-corrected chi connectivity index (χ1v) is 6.92. The predicted molar refractivity (Wildman–Crippen MR) is 80.3 cm³/mol. The van der Waals surface area contributed by atoms with Gasteiger partial charge in [-0.3, -0.25) is 4.98 Å². The first-order chi connectivity index (χ1) is 8.66. The van der Waals surface area contributed by atoms with Gasteiger partial charge in [0.15, 0.2) is 0 Å². The lowest BCUT2D eigenvalue weighted by molar-refractivity contribution is 1.00. The van der Waals surface area contributed by atoms with E-state index in [0.29, 0.717) is 0 Å². The van der Waals surface area contributed by atoms with Crippen LogP contribution in [0.1, 0.15) is 11.1 Å². The fourth-order valence-electron chi connectivity index (χ4n) is 1.67. The summed E-state index contributed by atoms with van der Waals surface area (Å²) in [6, 6.07) is 8.00. The van der Waals surface area contributed by atoms with Crippen molar-refractivity contribution in [2.75, 3.05) is 11.9 Å². The van der Waals surface area contributed by atoms with Crippen molar-refractivity contribution in [1.29, 1.82) is 0 Å². The lowest BCUT2D eigenvalue weighted by atomic mass is 10.2. The molecule has 2 aromatic rings. The van der Waals surface area contributed by atoms with Crippen LogP contribution in [0.25, 0.3) is 0 Å². The molecule has 0 aliphatic carbocycles.